The quantitative estimate of drug-likeness (QED) is 0.788. The van der Waals surface area contributed by atoms with Crippen LogP contribution in [0, 0.1) is 0 Å². The first-order valence-electron chi connectivity index (χ1n) is 6.33. The highest BCUT2D eigenvalue weighted by molar-refractivity contribution is 6.00. The van der Waals surface area contributed by atoms with Crippen molar-refractivity contribution in [2.24, 2.45) is 0 Å². The molecule has 102 valence electrons. The zero-order valence-corrected chi connectivity index (χ0v) is 11.0. The summed E-state index contributed by atoms with van der Waals surface area (Å²) in [5, 5.41) is 13.4. The predicted octanol–water partition coefficient (Wildman–Crippen LogP) is 2.19. The van der Waals surface area contributed by atoms with Crippen LogP contribution < -0.4 is 0 Å². The van der Waals surface area contributed by atoms with Crippen molar-refractivity contribution >= 4 is 17.0 Å². The van der Waals surface area contributed by atoms with Crippen LogP contribution in [-0.4, -0.2) is 30.4 Å². The maximum atomic E-state index is 11.2. The van der Waals surface area contributed by atoms with E-state index in [9.17, 15) is 9.90 Å². The van der Waals surface area contributed by atoms with Gasteiger partial charge in [0.05, 0.1) is 30.0 Å². The van der Waals surface area contributed by atoms with Crippen LogP contribution in [0.3, 0.4) is 0 Å². The van der Waals surface area contributed by atoms with E-state index < -0.39 is 5.97 Å². The van der Waals surface area contributed by atoms with E-state index in [2.05, 4.69) is 17.0 Å². The Morgan fingerprint density at radius 1 is 1.40 bits per heavy atom. The van der Waals surface area contributed by atoms with Crippen molar-refractivity contribution in [1.29, 1.82) is 0 Å². The van der Waals surface area contributed by atoms with Crippen LogP contribution in [0.25, 0.3) is 11.0 Å². The van der Waals surface area contributed by atoms with Crippen LogP contribution >= 0.6 is 0 Å². The van der Waals surface area contributed by atoms with E-state index in [1.54, 1.807) is 24.7 Å². The molecule has 0 amide bonds. The Labute approximate surface area is 115 Å². The van der Waals surface area contributed by atoms with Gasteiger partial charge in [-0.1, -0.05) is 6.07 Å². The molecule has 3 rings (SSSR count). The first-order chi connectivity index (χ1) is 9.66. The number of aromatic nitrogens is 4. The molecule has 0 saturated carbocycles. The molecular formula is C14H14N4O2. The van der Waals surface area contributed by atoms with Gasteiger partial charge in [-0.15, -0.1) is 0 Å². The number of benzene rings is 1. The molecular weight excluding hydrogens is 256 g/mol. The van der Waals surface area contributed by atoms with Gasteiger partial charge in [0.2, 0.25) is 0 Å². The molecule has 0 spiro atoms. The Kier molecular flexibility index (Phi) is 2.98. The second-order valence-corrected chi connectivity index (χ2v) is 4.71. The van der Waals surface area contributed by atoms with Gasteiger partial charge in [0, 0.05) is 12.4 Å². The summed E-state index contributed by atoms with van der Waals surface area (Å²) < 4.78 is 3.82. The predicted molar refractivity (Wildman–Crippen MR) is 73.6 cm³/mol. The number of carboxylic acid groups (broad SMARTS) is 1. The second kappa shape index (κ2) is 4.80. The molecule has 0 aliphatic heterocycles. The van der Waals surface area contributed by atoms with Crippen LogP contribution in [0.4, 0.5) is 0 Å². The number of carboxylic acids is 1. The van der Waals surface area contributed by atoms with Crippen molar-refractivity contribution in [3.05, 3.63) is 48.5 Å². The number of hydrogen-bond donors (Lipinski definition) is 1. The van der Waals surface area contributed by atoms with Crippen LogP contribution in [0.5, 0.6) is 0 Å². The van der Waals surface area contributed by atoms with E-state index in [1.165, 1.54) is 0 Å². The topological polar surface area (TPSA) is 72.9 Å². The molecule has 0 bridgehead atoms. The highest BCUT2D eigenvalue weighted by Crippen LogP contribution is 2.21. The number of hydrogen-bond acceptors (Lipinski definition) is 3. The summed E-state index contributed by atoms with van der Waals surface area (Å²) in [5.74, 6) is -0.958. The van der Waals surface area contributed by atoms with Gasteiger partial charge in [0.25, 0.3) is 0 Å². The first-order valence-corrected chi connectivity index (χ1v) is 6.33. The lowest BCUT2D eigenvalue weighted by molar-refractivity contribution is 0.0699. The van der Waals surface area contributed by atoms with Gasteiger partial charge < -0.3 is 9.67 Å². The van der Waals surface area contributed by atoms with Crippen molar-refractivity contribution in [2.45, 2.75) is 19.5 Å². The molecule has 0 radical (unpaired) electrons. The third-order valence-electron chi connectivity index (χ3n) is 3.32. The molecule has 0 saturated heterocycles. The highest BCUT2D eigenvalue weighted by Gasteiger charge is 2.15. The Morgan fingerprint density at radius 2 is 2.25 bits per heavy atom. The van der Waals surface area contributed by atoms with Crippen molar-refractivity contribution in [2.75, 3.05) is 0 Å². The maximum Gasteiger partial charge on any atom is 0.337 e. The summed E-state index contributed by atoms with van der Waals surface area (Å²) in [6.07, 6.45) is 5.32. The largest absolute Gasteiger partial charge is 0.478 e. The Balaban J connectivity index is 2.00. The van der Waals surface area contributed by atoms with Gasteiger partial charge in [-0.3, -0.25) is 4.68 Å². The Hall–Kier alpha value is -2.63. The number of carbonyl (C=O) groups is 1. The van der Waals surface area contributed by atoms with Crippen molar-refractivity contribution in [3.63, 3.8) is 0 Å². The van der Waals surface area contributed by atoms with E-state index in [0.29, 0.717) is 12.1 Å². The molecule has 1 N–H and O–H groups in total. The smallest absolute Gasteiger partial charge is 0.337 e. The minimum Gasteiger partial charge on any atom is -0.478 e. The van der Waals surface area contributed by atoms with E-state index in [4.69, 9.17) is 0 Å². The van der Waals surface area contributed by atoms with Gasteiger partial charge in [-0.25, -0.2) is 9.78 Å². The van der Waals surface area contributed by atoms with E-state index in [0.717, 1.165) is 5.52 Å². The van der Waals surface area contributed by atoms with Crippen LogP contribution in [0.1, 0.15) is 23.3 Å². The number of rotatable bonds is 4. The summed E-state index contributed by atoms with van der Waals surface area (Å²) in [6, 6.07) is 7.20. The van der Waals surface area contributed by atoms with Gasteiger partial charge >= 0.3 is 5.97 Å². The molecule has 0 aliphatic rings. The molecule has 2 heterocycles. The molecule has 1 aromatic carbocycles. The fourth-order valence-corrected chi connectivity index (χ4v) is 2.35. The molecule has 1 unspecified atom stereocenters. The number of fused-ring (bicyclic) bond motifs is 1. The minimum atomic E-state index is -0.958. The molecule has 2 aromatic heterocycles. The van der Waals surface area contributed by atoms with Crippen molar-refractivity contribution in [1.82, 2.24) is 19.3 Å². The molecule has 1 atom stereocenters. The zero-order valence-electron chi connectivity index (χ0n) is 11.0. The number of para-hydroxylation sites is 1. The van der Waals surface area contributed by atoms with Crippen LogP contribution in [0.2, 0.25) is 0 Å². The third-order valence-corrected chi connectivity index (χ3v) is 3.32. The van der Waals surface area contributed by atoms with E-state index in [1.807, 2.05) is 27.6 Å². The van der Waals surface area contributed by atoms with E-state index in [-0.39, 0.29) is 11.6 Å². The summed E-state index contributed by atoms with van der Waals surface area (Å²) >= 11 is 0. The lowest BCUT2D eigenvalue weighted by atomic mass is 10.2. The summed E-state index contributed by atoms with van der Waals surface area (Å²) in [4.78, 5) is 15.4. The van der Waals surface area contributed by atoms with Crippen LogP contribution in [-0.2, 0) is 6.54 Å². The van der Waals surface area contributed by atoms with Crippen molar-refractivity contribution in [3.8, 4) is 0 Å². The molecule has 6 nitrogen and oxygen atoms in total. The summed E-state index contributed by atoms with van der Waals surface area (Å²) in [6.45, 7) is 2.76. The highest BCUT2D eigenvalue weighted by atomic mass is 16.4. The first kappa shape index (κ1) is 12.4. The average Bonchev–Trinajstić information content (AvgIpc) is 3.06. The van der Waals surface area contributed by atoms with Gasteiger partial charge in [-0.05, 0) is 25.1 Å². The lowest BCUT2D eigenvalue weighted by Gasteiger charge is -2.14. The maximum absolute atomic E-state index is 11.2. The Bertz CT molecular complexity index is 746. The van der Waals surface area contributed by atoms with Crippen molar-refractivity contribution < 1.29 is 9.90 Å². The normalized spacial score (nSPS) is 12.7. The van der Waals surface area contributed by atoms with Gasteiger partial charge in [-0.2, -0.15) is 5.10 Å². The molecule has 0 fully saturated rings. The monoisotopic (exact) mass is 270 g/mol. The number of imidazole rings is 1. The zero-order chi connectivity index (χ0) is 14.1. The minimum absolute atomic E-state index is 0.129. The fourth-order valence-electron chi connectivity index (χ4n) is 2.35. The standard InChI is InChI=1S/C14H14N4O2/c1-10(8-17-7-3-6-16-17)18-9-15-13-11(14(19)20)4-2-5-12(13)18/h2-7,9-10H,8H2,1H3,(H,19,20). The molecule has 6 heteroatoms. The Morgan fingerprint density at radius 3 is 2.95 bits per heavy atom. The molecule has 0 aliphatic carbocycles. The average molecular weight is 270 g/mol. The SMILES string of the molecule is CC(Cn1cccn1)n1cnc2c(C(=O)O)cccc21. The lowest BCUT2D eigenvalue weighted by Crippen LogP contribution is -2.12. The number of nitrogens with zero attached hydrogens (tertiary/aromatic N) is 4. The fraction of sp³-hybridized carbons (Fsp3) is 0.214. The van der Waals surface area contributed by atoms with E-state index >= 15 is 0 Å². The number of aromatic carboxylic acids is 1. The van der Waals surface area contributed by atoms with Gasteiger partial charge in [0.15, 0.2) is 0 Å². The summed E-state index contributed by atoms with van der Waals surface area (Å²) in [5.41, 5.74) is 1.57. The molecule has 20 heavy (non-hydrogen) atoms. The van der Waals surface area contributed by atoms with Gasteiger partial charge in [0.1, 0.15) is 5.52 Å². The van der Waals surface area contributed by atoms with Crippen LogP contribution in [0.15, 0.2) is 43.0 Å². The third kappa shape index (κ3) is 2.05. The second-order valence-electron chi connectivity index (χ2n) is 4.71. The molecule has 3 aromatic rings. The summed E-state index contributed by atoms with van der Waals surface area (Å²) in [7, 11) is 0.